The molecule has 92 valence electrons. The van der Waals surface area contributed by atoms with Gasteiger partial charge in [-0.3, -0.25) is 0 Å². The van der Waals surface area contributed by atoms with Gasteiger partial charge in [-0.2, -0.15) is 0 Å². The Hall–Kier alpha value is -1.14. The highest BCUT2D eigenvalue weighted by Gasteiger charge is 2.24. The Labute approximate surface area is 99.1 Å². The molecule has 0 spiro atoms. The van der Waals surface area contributed by atoms with Crippen molar-refractivity contribution in [2.45, 2.75) is 19.0 Å². The van der Waals surface area contributed by atoms with E-state index in [2.05, 4.69) is 0 Å². The summed E-state index contributed by atoms with van der Waals surface area (Å²) < 4.78 is 15.4. The Morgan fingerprint density at radius 1 is 1.06 bits per heavy atom. The van der Waals surface area contributed by atoms with Gasteiger partial charge in [0.05, 0.1) is 6.61 Å². The van der Waals surface area contributed by atoms with Crippen molar-refractivity contribution in [3.63, 3.8) is 0 Å². The van der Waals surface area contributed by atoms with Crippen LogP contribution < -0.4 is 4.74 Å². The molecule has 2 atom stereocenters. The van der Waals surface area contributed by atoms with Crippen LogP contribution >= 0.6 is 0 Å². The average molecular weight is 238 g/mol. The summed E-state index contributed by atoms with van der Waals surface area (Å²) >= 11 is 0. The van der Waals surface area contributed by atoms with E-state index in [-0.39, 0.29) is 12.4 Å². The zero-order valence-corrected chi connectivity index (χ0v) is 9.33. The first-order valence-electron chi connectivity index (χ1n) is 5.63. The molecule has 17 heavy (non-hydrogen) atoms. The van der Waals surface area contributed by atoms with E-state index in [1.54, 1.807) is 0 Å². The molecule has 2 unspecified atom stereocenters. The SMILES string of the molecule is c1cc(OC2CO2)ccc1COOCC1CO1. The van der Waals surface area contributed by atoms with Crippen LogP contribution in [-0.2, 0) is 25.9 Å². The van der Waals surface area contributed by atoms with Crippen LogP contribution in [0, 0.1) is 0 Å². The van der Waals surface area contributed by atoms with Crippen molar-refractivity contribution in [3.05, 3.63) is 29.8 Å². The highest BCUT2D eigenvalue weighted by Crippen LogP contribution is 2.19. The Balaban J connectivity index is 1.39. The predicted octanol–water partition coefficient (Wildman–Crippen LogP) is 1.27. The summed E-state index contributed by atoms with van der Waals surface area (Å²) in [5.74, 6) is 0.809. The Morgan fingerprint density at radius 2 is 1.82 bits per heavy atom. The number of hydrogen-bond acceptors (Lipinski definition) is 5. The van der Waals surface area contributed by atoms with Gasteiger partial charge in [0.25, 0.3) is 0 Å². The molecule has 5 heteroatoms. The molecule has 1 aromatic carbocycles. The molecule has 5 nitrogen and oxygen atoms in total. The van der Waals surface area contributed by atoms with E-state index in [1.807, 2.05) is 24.3 Å². The zero-order valence-electron chi connectivity index (χ0n) is 9.33. The minimum Gasteiger partial charge on any atom is -0.462 e. The van der Waals surface area contributed by atoms with Crippen LogP contribution in [0.1, 0.15) is 5.56 Å². The van der Waals surface area contributed by atoms with Crippen LogP contribution in [0.5, 0.6) is 5.75 Å². The molecule has 2 saturated heterocycles. The smallest absolute Gasteiger partial charge is 0.223 e. The van der Waals surface area contributed by atoms with Gasteiger partial charge in [-0.1, -0.05) is 12.1 Å². The third-order valence-electron chi connectivity index (χ3n) is 2.46. The van der Waals surface area contributed by atoms with Crippen LogP contribution in [0.4, 0.5) is 0 Å². The highest BCUT2D eigenvalue weighted by atomic mass is 17.2. The fourth-order valence-electron chi connectivity index (χ4n) is 1.32. The maximum absolute atomic E-state index is 5.43. The normalized spacial score (nSPS) is 25.6. The minimum atomic E-state index is -0.0565. The van der Waals surface area contributed by atoms with Crippen LogP contribution in [0.25, 0.3) is 0 Å². The summed E-state index contributed by atoms with van der Waals surface area (Å²) in [6.45, 7) is 2.38. The van der Waals surface area contributed by atoms with Gasteiger partial charge >= 0.3 is 0 Å². The summed E-state index contributed by atoms with van der Waals surface area (Å²) in [6, 6.07) is 7.66. The van der Waals surface area contributed by atoms with Crippen LogP contribution in [-0.4, -0.2) is 32.2 Å². The fraction of sp³-hybridized carbons (Fsp3) is 0.500. The van der Waals surface area contributed by atoms with Crippen molar-refractivity contribution >= 4 is 0 Å². The van der Waals surface area contributed by atoms with Gasteiger partial charge in [-0.25, -0.2) is 9.78 Å². The molecule has 0 amide bonds. The first-order valence-corrected chi connectivity index (χ1v) is 5.63. The van der Waals surface area contributed by atoms with Crippen molar-refractivity contribution in [3.8, 4) is 5.75 Å². The second-order valence-corrected chi connectivity index (χ2v) is 4.03. The third-order valence-corrected chi connectivity index (χ3v) is 2.46. The Kier molecular flexibility index (Phi) is 3.24. The summed E-state index contributed by atoms with van der Waals surface area (Å²) in [4.78, 5) is 10.0. The maximum Gasteiger partial charge on any atom is 0.223 e. The first kappa shape index (κ1) is 11.0. The maximum atomic E-state index is 5.43. The van der Waals surface area contributed by atoms with Gasteiger partial charge in [0.15, 0.2) is 0 Å². The van der Waals surface area contributed by atoms with Crippen LogP contribution in [0.3, 0.4) is 0 Å². The molecule has 0 aromatic heterocycles. The van der Waals surface area contributed by atoms with Gasteiger partial charge in [0.1, 0.15) is 31.7 Å². The van der Waals surface area contributed by atoms with Gasteiger partial charge in [0.2, 0.25) is 6.29 Å². The number of epoxide rings is 2. The largest absolute Gasteiger partial charge is 0.462 e. The zero-order chi connectivity index (χ0) is 11.5. The average Bonchev–Trinajstić information content (AvgIpc) is 3.22. The molecule has 2 aliphatic heterocycles. The minimum absolute atomic E-state index is 0.0565. The van der Waals surface area contributed by atoms with E-state index in [4.69, 9.17) is 24.0 Å². The first-order chi connectivity index (χ1) is 8.40. The lowest BCUT2D eigenvalue weighted by atomic mass is 10.2. The third kappa shape index (κ3) is 3.67. The monoisotopic (exact) mass is 238 g/mol. The molecule has 3 rings (SSSR count). The number of benzene rings is 1. The van der Waals surface area contributed by atoms with Gasteiger partial charge in [-0.05, 0) is 17.7 Å². The van der Waals surface area contributed by atoms with E-state index < -0.39 is 0 Å². The Morgan fingerprint density at radius 3 is 2.47 bits per heavy atom. The summed E-state index contributed by atoms with van der Waals surface area (Å²) in [7, 11) is 0. The predicted molar refractivity (Wildman–Crippen MR) is 57.3 cm³/mol. The standard InChI is InChI=1S/C12H14O5/c1-3-10(17-12-8-14-12)4-2-9(1)5-15-16-7-11-6-13-11/h1-4,11-12H,5-8H2. The fourth-order valence-corrected chi connectivity index (χ4v) is 1.32. The number of ether oxygens (including phenoxy) is 3. The van der Waals surface area contributed by atoms with Crippen molar-refractivity contribution in [2.75, 3.05) is 19.8 Å². The molecule has 0 radical (unpaired) electrons. The summed E-state index contributed by atoms with van der Waals surface area (Å²) in [5, 5.41) is 0. The summed E-state index contributed by atoms with van der Waals surface area (Å²) in [6.07, 6.45) is 0.170. The lowest BCUT2D eigenvalue weighted by Crippen LogP contribution is -2.02. The lowest BCUT2D eigenvalue weighted by molar-refractivity contribution is -0.305. The van der Waals surface area contributed by atoms with Crippen LogP contribution in [0.2, 0.25) is 0 Å². The molecule has 0 N–H and O–H groups in total. The summed E-state index contributed by atoms with van der Waals surface area (Å²) in [5.41, 5.74) is 1.03. The van der Waals surface area contributed by atoms with E-state index >= 15 is 0 Å². The lowest BCUT2D eigenvalue weighted by Gasteiger charge is -2.05. The molecule has 2 heterocycles. The number of hydrogen-bond donors (Lipinski definition) is 0. The van der Waals surface area contributed by atoms with Crippen LogP contribution in [0.15, 0.2) is 24.3 Å². The molecule has 2 fully saturated rings. The van der Waals surface area contributed by atoms with Crippen molar-refractivity contribution in [1.82, 2.24) is 0 Å². The highest BCUT2D eigenvalue weighted by molar-refractivity contribution is 5.27. The van der Waals surface area contributed by atoms with E-state index in [1.165, 1.54) is 0 Å². The number of rotatable bonds is 7. The van der Waals surface area contributed by atoms with E-state index in [0.29, 0.717) is 19.8 Å². The molecule has 0 saturated carbocycles. The molecule has 2 aliphatic rings. The quantitative estimate of drug-likeness (QED) is 0.310. The van der Waals surface area contributed by atoms with E-state index in [9.17, 15) is 0 Å². The van der Waals surface area contributed by atoms with Gasteiger partial charge in [-0.15, -0.1) is 0 Å². The topological polar surface area (TPSA) is 52.8 Å². The molecular formula is C12H14O5. The van der Waals surface area contributed by atoms with Crippen molar-refractivity contribution in [2.24, 2.45) is 0 Å². The van der Waals surface area contributed by atoms with Gasteiger partial charge < -0.3 is 14.2 Å². The molecule has 1 aromatic rings. The van der Waals surface area contributed by atoms with Crippen molar-refractivity contribution in [1.29, 1.82) is 0 Å². The second-order valence-electron chi connectivity index (χ2n) is 4.03. The molecule has 0 bridgehead atoms. The Bertz CT molecular complexity index is 356. The molecular weight excluding hydrogens is 224 g/mol. The molecule has 0 aliphatic carbocycles. The van der Waals surface area contributed by atoms with E-state index in [0.717, 1.165) is 17.9 Å². The van der Waals surface area contributed by atoms with Crippen molar-refractivity contribution < 1.29 is 24.0 Å². The second kappa shape index (κ2) is 5.01. The van der Waals surface area contributed by atoms with Gasteiger partial charge in [0, 0.05) is 0 Å².